The fourth-order valence-corrected chi connectivity index (χ4v) is 4.33. The van der Waals surface area contributed by atoms with Gasteiger partial charge in [-0.2, -0.15) is 4.31 Å². The van der Waals surface area contributed by atoms with Gasteiger partial charge in [0.05, 0.1) is 22.0 Å². The van der Waals surface area contributed by atoms with Crippen LogP contribution in [-0.2, 0) is 14.8 Å². The Morgan fingerprint density at radius 3 is 2.23 bits per heavy atom. The molecule has 0 saturated carbocycles. The van der Waals surface area contributed by atoms with Gasteiger partial charge in [0.25, 0.3) is 11.8 Å². The van der Waals surface area contributed by atoms with E-state index in [9.17, 15) is 18.0 Å². The average molecular weight is 453 g/mol. The van der Waals surface area contributed by atoms with E-state index in [2.05, 4.69) is 16.2 Å². The van der Waals surface area contributed by atoms with Crippen molar-refractivity contribution in [1.29, 1.82) is 0 Å². The van der Waals surface area contributed by atoms with Gasteiger partial charge >= 0.3 is 0 Å². The van der Waals surface area contributed by atoms with E-state index >= 15 is 0 Å². The van der Waals surface area contributed by atoms with Crippen molar-refractivity contribution in [1.82, 2.24) is 15.2 Å². The second-order valence-electron chi connectivity index (χ2n) is 6.45. The van der Waals surface area contributed by atoms with Crippen LogP contribution in [0.15, 0.2) is 47.4 Å². The number of hydrogen-bond acceptors (Lipinski definition) is 5. The van der Waals surface area contributed by atoms with E-state index in [4.69, 9.17) is 11.6 Å². The predicted molar refractivity (Wildman–Crippen MR) is 117 cm³/mol. The molecule has 0 aliphatic rings. The molecule has 0 aliphatic carbocycles. The number of aryl methyl sites for hydroxylation is 1. The van der Waals surface area contributed by atoms with Crippen LogP contribution in [0.25, 0.3) is 0 Å². The van der Waals surface area contributed by atoms with Crippen molar-refractivity contribution in [3.8, 4) is 0 Å². The standard InChI is InChI=1S/C20H25ClN4O4S/c1-4-25(5-2)30(28,29)16-10-11-18(21)17(12-16)20(27)24-23-19(26)13-22-15-8-6-14(3)7-9-15/h6-12,22H,4-5,13H2,1-3H3,(H,23,26)(H,24,27). The Bertz CT molecular complexity index is 1010. The maximum absolute atomic E-state index is 12.7. The molecule has 0 radical (unpaired) electrons. The van der Waals surface area contributed by atoms with Crippen LogP contribution < -0.4 is 16.2 Å². The van der Waals surface area contributed by atoms with Crippen LogP contribution in [0.3, 0.4) is 0 Å². The summed E-state index contributed by atoms with van der Waals surface area (Å²) in [6.07, 6.45) is 0. The maximum Gasteiger partial charge on any atom is 0.271 e. The summed E-state index contributed by atoms with van der Waals surface area (Å²) < 4.78 is 26.6. The number of nitrogens with one attached hydrogen (secondary N) is 3. The van der Waals surface area contributed by atoms with Crippen molar-refractivity contribution in [2.45, 2.75) is 25.7 Å². The molecule has 0 heterocycles. The number of sulfonamides is 1. The summed E-state index contributed by atoms with van der Waals surface area (Å²) in [4.78, 5) is 24.4. The second kappa shape index (κ2) is 10.4. The number of halogens is 1. The summed E-state index contributed by atoms with van der Waals surface area (Å²) in [6.45, 7) is 5.95. The summed E-state index contributed by atoms with van der Waals surface area (Å²) in [5.74, 6) is -1.20. The molecular weight excluding hydrogens is 428 g/mol. The minimum atomic E-state index is -3.75. The Kier molecular flexibility index (Phi) is 8.22. The molecule has 3 N–H and O–H groups in total. The van der Waals surface area contributed by atoms with Gasteiger partial charge in [-0.05, 0) is 37.3 Å². The summed E-state index contributed by atoms with van der Waals surface area (Å²) in [5, 5.41) is 2.99. The van der Waals surface area contributed by atoms with Crippen LogP contribution in [-0.4, -0.2) is 44.2 Å². The fourth-order valence-electron chi connectivity index (χ4n) is 2.64. The van der Waals surface area contributed by atoms with E-state index < -0.39 is 21.8 Å². The van der Waals surface area contributed by atoms with Gasteiger partial charge in [0, 0.05) is 18.8 Å². The number of benzene rings is 2. The third-order valence-corrected chi connectivity index (χ3v) is 6.72. The largest absolute Gasteiger partial charge is 0.376 e. The van der Waals surface area contributed by atoms with Gasteiger partial charge in [-0.15, -0.1) is 0 Å². The molecule has 2 aromatic rings. The monoisotopic (exact) mass is 452 g/mol. The highest BCUT2D eigenvalue weighted by molar-refractivity contribution is 7.89. The minimum Gasteiger partial charge on any atom is -0.376 e. The number of amides is 2. The molecule has 0 aliphatic heterocycles. The minimum absolute atomic E-state index is 0.0480. The molecule has 0 saturated heterocycles. The first-order valence-corrected chi connectivity index (χ1v) is 11.2. The van der Waals surface area contributed by atoms with E-state index in [-0.39, 0.29) is 22.0 Å². The Balaban J connectivity index is 2.02. The lowest BCUT2D eigenvalue weighted by molar-refractivity contribution is -0.120. The zero-order valence-corrected chi connectivity index (χ0v) is 18.6. The number of anilines is 1. The van der Waals surface area contributed by atoms with Crippen molar-refractivity contribution >= 4 is 39.1 Å². The van der Waals surface area contributed by atoms with E-state index in [1.807, 2.05) is 31.2 Å². The maximum atomic E-state index is 12.7. The molecule has 0 bridgehead atoms. The van der Waals surface area contributed by atoms with Gasteiger partial charge in [-0.25, -0.2) is 8.42 Å². The number of hydrogen-bond donors (Lipinski definition) is 3. The lowest BCUT2D eigenvalue weighted by Gasteiger charge is -2.19. The average Bonchev–Trinajstić information content (AvgIpc) is 2.72. The molecular formula is C20H25ClN4O4S. The number of hydrazine groups is 1. The Morgan fingerprint density at radius 2 is 1.63 bits per heavy atom. The first kappa shape index (κ1) is 23.7. The molecule has 0 unspecified atom stereocenters. The van der Waals surface area contributed by atoms with Gasteiger partial charge in [0.1, 0.15) is 0 Å². The van der Waals surface area contributed by atoms with E-state index in [0.29, 0.717) is 13.1 Å². The molecule has 30 heavy (non-hydrogen) atoms. The number of nitrogens with zero attached hydrogens (tertiary/aromatic N) is 1. The molecule has 162 valence electrons. The van der Waals surface area contributed by atoms with Gasteiger partial charge < -0.3 is 5.32 Å². The number of carbonyl (C=O) groups excluding carboxylic acids is 2. The third kappa shape index (κ3) is 5.94. The molecule has 10 heteroatoms. The number of rotatable bonds is 8. The quantitative estimate of drug-likeness (QED) is 0.533. The van der Waals surface area contributed by atoms with Crippen LogP contribution in [0.1, 0.15) is 29.8 Å². The number of carbonyl (C=O) groups is 2. The Morgan fingerprint density at radius 1 is 1.00 bits per heavy atom. The molecule has 0 atom stereocenters. The highest BCUT2D eigenvalue weighted by atomic mass is 35.5. The molecule has 2 amide bonds. The highest BCUT2D eigenvalue weighted by Gasteiger charge is 2.24. The van der Waals surface area contributed by atoms with E-state index in [0.717, 1.165) is 11.3 Å². The van der Waals surface area contributed by atoms with Gasteiger partial charge in [0.15, 0.2) is 0 Å². The molecule has 0 aromatic heterocycles. The predicted octanol–water partition coefficient (Wildman–Crippen LogP) is 2.55. The van der Waals surface area contributed by atoms with Crippen molar-refractivity contribution in [2.24, 2.45) is 0 Å². The summed E-state index contributed by atoms with van der Waals surface area (Å²) >= 11 is 6.06. The smallest absolute Gasteiger partial charge is 0.271 e. The SMILES string of the molecule is CCN(CC)S(=O)(=O)c1ccc(Cl)c(C(=O)NNC(=O)CNc2ccc(C)cc2)c1. The van der Waals surface area contributed by atoms with Gasteiger partial charge in [-0.1, -0.05) is 43.1 Å². The highest BCUT2D eigenvalue weighted by Crippen LogP contribution is 2.23. The normalized spacial score (nSPS) is 11.2. The van der Waals surface area contributed by atoms with Crippen molar-refractivity contribution in [3.63, 3.8) is 0 Å². The summed E-state index contributed by atoms with van der Waals surface area (Å²) in [7, 11) is -3.75. The molecule has 2 rings (SSSR count). The topological polar surface area (TPSA) is 108 Å². The zero-order valence-electron chi connectivity index (χ0n) is 17.0. The van der Waals surface area contributed by atoms with Crippen LogP contribution >= 0.6 is 11.6 Å². The fraction of sp³-hybridized carbons (Fsp3) is 0.300. The van der Waals surface area contributed by atoms with Crippen LogP contribution in [0.5, 0.6) is 0 Å². The van der Waals surface area contributed by atoms with Gasteiger partial charge in [0.2, 0.25) is 10.0 Å². The first-order valence-electron chi connectivity index (χ1n) is 9.38. The molecule has 2 aromatic carbocycles. The first-order chi connectivity index (χ1) is 14.2. The lowest BCUT2D eigenvalue weighted by atomic mass is 10.2. The van der Waals surface area contributed by atoms with Crippen molar-refractivity contribution in [2.75, 3.05) is 25.0 Å². The van der Waals surface area contributed by atoms with Crippen LogP contribution in [0.2, 0.25) is 5.02 Å². The van der Waals surface area contributed by atoms with Crippen molar-refractivity contribution < 1.29 is 18.0 Å². The van der Waals surface area contributed by atoms with Crippen molar-refractivity contribution in [3.05, 3.63) is 58.6 Å². The molecule has 8 nitrogen and oxygen atoms in total. The Hall–Kier alpha value is -2.62. The van der Waals surface area contributed by atoms with Gasteiger partial charge in [-0.3, -0.25) is 20.4 Å². The summed E-state index contributed by atoms with van der Waals surface area (Å²) in [6, 6.07) is 11.4. The van der Waals surface area contributed by atoms with E-state index in [1.54, 1.807) is 13.8 Å². The molecule has 0 fully saturated rings. The second-order valence-corrected chi connectivity index (χ2v) is 8.80. The molecule has 0 spiro atoms. The Labute approximate surface area is 181 Å². The van der Waals surface area contributed by atoms with Crippen LogP contribution in [0, 0.1) is 6.92 Å². The zero-order chi connectivity index (χ0) is 22.3. The summed E-state index contributed by atoms with van der Waals surface area (Å²) in [5.41, 5.74) is 6.32. The lowest BCUT2D eigenvalue weighted by Crippen LogP contribution is -2.44. The van der Waals surface area contributed by atoms with Crippen LogP contribution in [0.4, 0.5) is 5.69 Å². The third-order valence-electron chi connectivity index (χ3n) is 4.35. The van der Waals surface area contributed by atoms with E-state index in [1.165, 1.54) is 22.5 Å².